The van der Waals surface area contributed by atoms with E-state index in [1.807, 2.05) is 0 Å². The van der Waals surface area contributed by atoms with Gasteiger partial charge >= 0.3 is 5.97 Å². The second kappa shape index (κ2) is 6.75. The number of carbonyl (C=O) groups is 1. The van der Waals surface area contributed by atoms with Gasteiger partial charge in [-0.15, -0.1) is 0 Å². The fourth-order valence-corrected chi connectivity index (χ4v) is 2.62. The smallest absolute Gasteiger partial charge is 0.356 e. The standard InChI is InChI=1S/C17H19N3O3/c1-2-12-3-5-13(6-4-12)15-11-20(7-8-23-15)16-10-18-14(9-19-16)17(21)22/h3-6,9-10,15H,2,7-8,11H2,1H3,(H,21,22). The van der Waals surface area contributed by atoms with Crippen LogP contribution in [0.15, 0.2) is 36.7 Å². The van der Waals surface area contributed by atoms with Gasteiger partial charge in [0.05, 0.1) is 19.0 Å². The van der Waals surface area contributed by atoms with Crippen molar-refractivity contribution in [2.24, 2.45) is 0 Å². The lowest BCUT2D eigenvalue weighted by atomic mass is 10.0. The molecule has 1 aromatic carbocycles. The maximum Gasteiger partial charge on any atom is 0.356 e. The Labute approximate surface area is 134 Å². The number of hydrogen-bond donors (Lipinski definition) is 1. The van der Waals surface area contributed by atoms with Gasteiger partial charge in [0.1, 0.15) is 11.9 Å². The Morgan fingerprint density at radius 3 is 2.70 bits per heavy atom. The summed E-state index contributed by atoms with van der Waals surface area (Å²) in [5, 5.41) is 8.88. The Balaban J connectivity index is 1.73. The first-order valence-corrected chi connectivity index (χ1v) is 7.68. The number of ether oxygens (including phenoxy) is 1. The number of carboxylic acid groups (broad SMARTS) is 1. The van der Waals surface area contributed by atoms with Crippen molar-refractivity contribution in [1.29, 1.82) is 0 Å². The van der Waals surface area contributed by atoms with Crippen LogP contribution in [0.1, 0.15) is 34.6 Å². The van der Waals surface area contributed by atoms with Gasteiger partial charge in [-0.1, -0.05) is 31.2 Å². The van der Waals surface area contributed by atoms with E-state index in [0.29, 0.717) is 25.5 Å². The number of nitrogens with zero attached hydrogens (tertiary/aromatic N) is 3. The molecule has 2 aromatic rings. The van der Waals surface area contributed by atoms with Crippen LogP contribution in [0.2, 0.25) is 0 Å². The van der Waals surface area contributed by atoms with Crippen LogP contribution in [-0.2, 0) is 11.2 Å². The van der Waals surface area contributed by atoms with Crippen molar-refractivity contribution < 1.29 is 14.6 Å². The molecule has 1 saturated heterocycles. The molecule has 120 valence electrons. The molecule has 3 rings (SSSR count). The van der Waals surface area contributed by atoms with E-state index in [1.165, 1.54) is 18.0 Å². The fraction of sp³-hybridized carbons (Fsp3) is 0.353. The van der Waals surface area contributed by atoms with E-state index in [1.54, 1.807) is 0 Å². The van der Waals surface area contributed by atoms with E-state index in [0.717, 1.165) is 12.0 Å². The molecule has 1 aromatic heterocycles. The minimum atomic E-state index is -1.07. The highest BCUT2D eigenvalue weighted by atomic mass is 16.5. The van der Waals surface area contributed by atoms with Gasteiger partial charge < -0.3 is 14.7 Å². The van der Waals surface area contributed by atoms with Crippen LogP contribution < -0.4 is 4.90 Å². The fourth-order valence-electron chi connectivity index (χ4n) is 2.62. The number of hydrogen-bond acceptors (Lipinski definition) is 5. The summed E-state index contributed by atoms with van der Waals surface area (Å²) in [6.45, 7) is 4.12. The van der Waals surface area contributed by atoms with Gasteiger partial charge in [0.2, 0.25) is 0 Å². The number of anilines is 1. The maximum absolute atomic E-state index is 10.8. The molecule has 6 nitrogen and oxygen atoms in total. The predicted molar refractivity (Wildman–Crippen MR) is 85.7 cm³/mol. The molecule has 1 unspecified atom stereocenters. The summed E-state index contributed by atoms with van der Waals surface area (Å²) in [4.78, 5) is 21.0. The third kappa shape index (κ3) is 3.48. The lowest BCUT2D eigenvalue weighted by Gasteiger charge is -2.33. The lowest BCUT2D eigenvalue weighted by Crippen LogP contribution is -2.39. The van der Waals surface area contributed by atoms with Crippen molar-refractivity contribution in [2.45, 2.75) is 19.4 Å². The summed E-state index contributed by atoms with van der Waals surface area (Å²) in [5.41, 5.74) is 2.40. The molecule has 1 aliphatic rings. The molecule has 0 bridgehead atoms. The van der Waals surface area contributed by atoms with Crippen LogP contribution in [0.4, 0.5) is 5.82 Å². The normalized spacial score (nSPS) is 18.0. The molecule has 0 radical (unpaired) electrons. The molecule has 0 spiro atoms. The average molecular weight is 313 g/mol. The van der Waals surface area contributed by atoms with E-state index >= 15 is 0 Å². The zero-order chi connectivity index (χ0) is 16.2. The van der Waals surface area contributed by atoms with Gasteiger partial charge in [-0.3, -0.25) is 0 Å². The van der Waals surface area contributed by atoms with E-state index < -0.39 is 5.97 Å². The number of morpholine rings is 1. The third-order valence-corrected chi connectivity index (χ3v) is 4.01. The molecule has 0 amide bonds. The van der Waals surface area contributed by atoms with Crippen LogP contribution in [-0.4, -0.2) is 40.7 Å². The van der Waals surface area contributed by atoms with Gasteiger partial charge in [-0.2, -0.15) is 0 Å². The van der Waals surface area contributed by atoms with E-state index in [2.05, 4.69) is 46.1 Å². The monoisotopic (exact) mass is 313 g/mol. The number of carboxylic acids is 1. The summed E-state index contributed by atoms with van der Waals surface area (Å²) in [5.74, 6) is -0.395. The second-order valence-electron chi connectivity index (χ2n) is 5.47. The van der Waals surface area contributed by atoms with Crippen LogP contribution in [0.25, 0.3) is 0 Å². The highest BCUT2D eigenvalue weighted by molar-refractivity contribution is 5.84. The number of rotatable bonds is 4. The third-order valence-electron chi connectivity index (χ3n) is 4.01. The number of aryl methyl sites for hydroxylation is 1. The van der Waals surface area contributed by atoms with Gasteiger partial charge in [-0.25, -0.2) is 14.8 Å². The summed E-state index contributed by atoms with van der Waals surface area (Å²) >= 11 is 0. The molecular formula is C17H19N3O3. The van der Waals surface area contributed by atoms with Crippen molar-refractivity contribution in [3.63, 3.8) is 0 Å². The maximum atomic E-state index is 10.8. The van der Waals surface area contributed by atoms with E-state index in [4.69, 9.17) is 9.84 Å². The number of aromatic carboxylic acids is 1. The Hall–Kier alpha value is -2.47. The molecule has 23 heavy (non-hydrogen) atoms. The van der Waals surface area contributed by atoms with Gasteiger partial charge in [0, 0.05) is 13.1 Å². The first kappa shape index (κ1) is 15.4. The zero-order valence-corrected chi connectivity index (χ0v) is 13.0. The van der Waals surface area contributed by atoms with Crippen LogP contribution >= 0.6 is 0 Å². The molecule has 1 N–H and O–H groups in total. The quantitative estimate of drug-likeness (QED) is 0.933. The van der Waals surface area contributed by atoms with Crippen molar-refractivity contribution in [2.75, 3.05) is 24.6 Å². The highest BCUT2D eigenvalue weighted by Crippen LogP contribution is 2.25. The second-order valence-corrected chi connectivity index (χ2v) is 5.47. The van der Waals surface area contributed by atoms with Gasteiger partial charge in [-0.05, 0) is 17.5 Å². The van der Waals surface area contributed by atoms with Crippen molar-refractivity contribution in [3.05, 3.63) is 53.5 Å². The average Bonchev–Trinajstić information content (AvgIpc) is 2.62. The molecule has 1 fully saturated rings. The van der Waals surface area contributed by atoms with Crippen molar-refractivity contribution in [1.82, 2.24) is 9.97 Å². The van der Waals surface area contributed by atoms with Gasteiger partial charge in [0.15, 0.2) is 5.69 Å². The van der Waals surface area contributed by atoms with Crippen molar-refractivity contribution >= 4 is 11.8 Å². The largest absolute Gasteiger partial charge is 0.476 e. The Morgan fingerprint density at radius 2 is 2.09 bits per heavy atom. The Morgan fingerprint density at radius 1 is 1.30 bits per heavy atom. The highest BCUT2D eigenvalue weighted by Gasteiger charge is 2.23. The van der Waals surface area contributed by atoms with Crippen molar-refractivity contribution in [3.8, 4) is 0 Å². The number of aromatic nitrogens is 2. The van der Waals surface area contributed by atoms with Gasteiger partial charge in [0.25, 0.3) is 0 Å². The number of benzene rings is 1. The molecular weight excluding hydrogens is 294 g/mol. The lowest BCUT2D eigenvalue weighted by molar-refractivity contribution is 0.0395. The predicted octanol–water partition coefficient (Wildman–Crippen LogP) is 2.32. The SMILES string of the molecule is CCc1ccc(C2CN(c3cnc(C(=O)O)cn3)CCO2)cc1. The van der Waals surface area contributed by atoms with Crippen LogP contribution in [0, 0.1) is 0 Å². The molecule has 0 aliphatic carbocycles. The zero-order valence-electron chi connectivity index (χ0n) is 13.0. The molecule has 2 heterocycles. The van der Waals surface area contributed by atoms with Crippen LogP contribution in [0.5, 0.6) is 0 Å². The summed E-state index contributed by atoms with van der Waals surface area (Å²) in [6, 6.07) is 8.45. The Kier molecular flexibility index (Phi) is 4.52. The summed E-state index contributed by atoms with van der Waals surface area (Å²) in [6.07, 6.45) is 3.80. The molecule has 0 saturated carbocycles. The van der Waals surface area contributed by atoms with E-state index in [9.17, 15) is 4.79 Å². The first-order chi connectivity index (χ1) is 11.2. The Bertz CT molecular complexity index is 670. The van der Waals surface area contributed by atoms with E-state index in [-0.39, 0.29) is 11.8 Å². The topological polar surface area (TPSA) is 75.6 Å². The minimum Gasteiger partial charge on any atom is -0.476 e. The summed E-state index contributed by atoms with van der Waals surface area (Å²) in [7, 11) is 0. The molecule has 6 heteroatoms. The molecule has 1 atom stereocenters. The summed E-state index contributed by atoms with van der Waals surface area (Å²) < 4.78 is 5.87. The molecule has 1 aliphatic heterocycles. The van der Waals surface area contributed by atoms with Crippen LogP contribution in [0.3, 0.4) is 0 Å². The first-order valence-electron chi connectivity index (χ1n) is 7.68. The minimum absolute atomic E-state index is 0.0180.